The normalized spacial score (nSPS) is 13.6. The number of hydrogen-bond acceptors (Lipinski definition) is 7. The minimum absolute atomic E-state index is 0.431. The molecule has 0 spiro atoms. The molecule has 0 bridgehead atoms. The lowest BCUT2D eigenvalue weighted by Gasteiger charge is -2.07. The van der Waals surface area contributed by atoms with Gasteiger partial charge in [0.2, 0.25) is 11.7 Å². The van der Waals surface area contributed by atoms with E-state index in [0.717, 1.165) is 35.5 Å². The summed E-state index contributed by atoms with van der Waals surface area (Å²) in [6, 6.07) is 16.5. The monoisotopic (exact) mass is 373 g/mol. The van der Waals surface area contributed by atoms with E-state index in [1.165, 1.54) is 5.56 Å². The van der Waals surface area contributed by atoms with Gasteiger partial charge in [-0.25, -0.2) is 4.68 Å². The van der Waals surface area contributed by atoms with Gasteiger partial charge in [0.15, 0.2) is 5.82 Å². The van der Waals surface area contributed by atoms with Gasteiger partial charge >= 0.3 is 0 Å². The van der Waals surface area contributed by atoms with Crippen molar-refractivity contribution in [2.45, 2.75) is 32.4 Å². The first-order valence-corrected chi connectivity index (χ1v) is 9.28. The second-order valence-electron chi connectivity index (χ2n) is 6.99. The number of benzene rings is 2. The third-order valence-electron chi connectivity index (χ3n) is 4.73. The van der Waals surface area contributed by atoms with Gasteiger partial charge in [0.25, 0.3) is 0 Å². The number of tetrazole rings is 1. The molecule has 2 aromatic carbocycles. The Balaban J connectivity index is 1.30. The zero-order chi connectivity index (χ0) is 18.9. The summed E-state index contributed by atoms with van der Waals surface area (Å²) >= 11 is 0. The van der Waals surface area contributed by atoms with Crippen molar-refractivity contribution in [3.8, 4) is 22.8 Å². The highest BCUT2D eigenvalue weighted by atomic mass is 16.5. The predicted molar refractivity (Wildman–Crippen MR) is 103 cm³/mol. The van der Waals surface area contributed by atoms with Crippen LogP contribution in [-0.4, -0.2) is 30.3 Å². The molecule has 28 heavy (non-hydrogen) atoms. The maximum atomic E-state index is 5.37. The van der Waals surface area contributed by atoms with Crippen LogP contribution in [0.4, 0.5) is 5.69 Å². The molecule has 1 N–H and O–H groups in total. The maximum absolute atomic E-state index is 5.37. The lowest BCUT2D eigenvalue weighted by atomic mass is 10.1. The molecule has 8 nitrogen and oxygen atoms in total. The van der Waals surface area contributed by atoms with E-state index < -0.39 is 0 Å². The molecular formula is C20H19N7O. The van der Waals surface area contributed by atoms with Gasteiger partial charge in [-0.2, -0.15) is 4.98 Å². The molecule has 8 heteroatoms. The first-order chi connectivity index (χ1) is 13.8. The average molecular weight is 373 g/mol. The van der Waals surface area contributed by atoms with E-state index in [-0.39, 0.29) is 0 Å². The third kappa shape index (κ3) is 3.36. The van der Waals surface area contributed by atoms with Crippen LogP contribution >= 0.6 is 0 Å². The first kappa shape index (κ1) is 16.6. The Morgan fingerprint density at radius 2 is 1.96 bits per heavy atom. The van der Waals surface area contributed by atoms with Gasteiger partial charge in [-0.3, -0.25) is 0 Å². The topological polar surface area (TPSA) is 94.5 Å². The summed E-state index contributed by atoms with van der Waals surface area (Å²) < 4.78 is 7.28. The molecule has 1 saturated carbocycles. The molecule has 0 unspecified atom stereocenters. The van der Waals surface area contributed by atoms with Gasteiger partial charge < -0.3 is 9.84 Å². The third-order valence-corrected chi connectivity index (χ3v) is 4.73. The molecule has 4 aromatic rings. The molecule has 0 aliphatic heterocycles. The molecule has 2 heterocycles. The van der Waals surface area contributed by atoms with Crippen LogP contribution in [0, 0.1) is 6.92 Å². The number of anilines is 1. The minimum atomic E-state index is 0.431. The standard InChI is InChI=1S/C20H19N7O/c1-13-5-7-14(8-6-13)19-22-18(28-24-19)12-21-16-4-2-3-15(11-16)20-23-25-26-27(20)17-9-10-17/h2-8,11,17,21H,9-10,12H2,1H3. The molecule has 5 rings (SSSR count). The van der Waals surface area contributed by atoms with Gasteiger partial charge in [-0.05, 0) is 42.3 Å². The zero-order valence-corrected chi connectivity index (χ0v) is 15.4. The van der Waals surface area contributed by atoms with Crippen LogP contribution in [0.1, 0.15) is 30.3 Å². The van der Waals surface area contributed by atoms with Crippen molar-refractivity contribution in [3.05, 3.63) is 60.0 Å². The van der Waals surface area contributed by atoms with E-state index in [4.69, 9.17) is 4.52 Å². The van der Waals surface area contributed by atoms with Crippen LogP contribution in [0.25, 0.3) is 22.8 Å². The molecule has 1 fully saturated rings. The van der Waals surface area contributed by atoms with Crippen molar-refractivity contribution in [1.29, 1.82) is 0 Å². The van der Waals surface area contributed by atoms with Crippen LogP contribution < -0.4 is 5.32 Å². The van der Waals surface area contributed by atoms with E-state index in [1.54, 1.807) is 0 Å². The number of aryl methyl sites for hydroxylation is 1. The number of nitrogens with zero attached hydrogens (tertiary/aromatic N) is 6. The summed E-state index contributed by atoms with van der Waals surface area (Å²) in [4.78, 5) is 4.47. The average Bonchev–Trinajstić information content (AvgIpc) is 3.26. The van der Waals surface area contributed by atoms with Crippen molar-refractivity contribution in [1.82, 2.24) is 30.3 Å². The number of rotatable bonds is 6. The Hall–Kier alpha value is -3.55. The molecule has 0 atom stereocenters. The Morgan fingerprint density at radius 1 is 1.11 bits per heavy atom. The van der Waals surface area contributed by atoms with Crippen molar-refractivity contribution in [2.75, 3.05) is 5.32 Å². The van der Waals surface area contributed by atoms with Crippen LogP contribution in [0.15, 0.2) is 53.1 Å². The summed E-state index contributed by atoms with van der Waals surface area (Å²) in [5.41, 5.74) is 4.06. The van der Waals surface area contributed by atoms with Gasteiger partial charge in [0.1, 0.15) is 0 Å². The van der Waals surface area contributed by atoms with E-state index in [2.05, 4.69) is 31.0 Å². The molecule has 140 valence electrons. The predicted octanol–water partition coefficient (Wildman–Crippen LogP) is 3.65. The fourth-order valence-corrected chi connectivity index (χ4v) is 3.04. The number of aromatic nitrogens is 6. The summed E-state index contributed by atoms with van der Waals surface area (Å²) in [5.74, 6) is 1.92. The summed E-state index contributed by atoms with van der Waals surface area (Å²) in [6.07, 6.45) is 2.27. The van der Waals surface area contributed by atoms with Gasteiger partial charge in [0.05, 0.1) is 12.6 Å². The lowest BCUT2D eigenvalue weighted by molar-refractivity contribution is 0.384. The Morgan fingerprint density at radius 3 is 2.79 bits per heavy atom. The van der Waals surface area contributed by atoms with E-state index in [1.807, 2.05) is 60.1 Å². The lowest BCUT2D eigenvalue weighted by Crippen LogP contribution is -2.02. The highest BCUT2D eigenvalue weighted by Gasteiger charge is 2.28. The molecule has 1 aliphatic carbocycles. The Labute approximate surface area is 161 Å². The molecule has 2 aromatic heterocycles. The van der Waals surface area contributed by atoms with Crippen molar-refractivity contribution >= 4 is 5.69 Å². The van der Waals surface area contributed by atoms with Crippen LogP contribution in [-0.2, 0) is 6.54 Å². The van der Waals surface area contributed by atoms with E-state index >= 15 is 0 Å². The largest absolute Gasteiger partial charge is 0.376 e. The molecule has 0 amide bonds. The van der Waals surface area contributed by atoms with Crippen molar-refractivity contribution in [3.63, 3.8) is 0 Å². The maximum Gasteiger partial charge on any atom is 0.246 e. The molecule has 0 saturated heterocycles. The van der Waals surface area contributed by atoms with Crippen LogP contribution in [0.3, 0.4) is 0 Å². The molecular weight excluding hydrogens is 354 g/mol. The van der Waals surface area contributed by atoms with Crippen LogP contribution in [0.5, 0.6) is 0 Å². The quantitative estimate of drug-likeness (QED) is 0.551. The second kappa shape index (κ2) is 6.88. The van der Waals surface area contributed by atoms with Gasteiger partial charge in [-0.1, -0.05) is 47.1 Å². The summed E-state index contributed by atoms with van der Waals surface area (Å²) in [6.45, 7) is 2.49. The van der Waals surface area contributed by atoms with Crippen molar-refractivity contribution in [2.24, 2.45) is 0 Å². The number of hydrogen-bond donors (Lipinski definition) is 1. The number of nitrogens with one attached hydrogen (secondary N) is 1. The molecule has 1 aliphatic rings. The minimum Gasteiger partial charge on any atom is -0.376 e. The Kier molecular flexibility index (Phi) is 4.08. The van der Waals surface area contributed by atoms with Crippen molar-refractivity contribution < 1.29 is 4.52 Å². The fourth-order valence-electron chi connectivity index (χ4n) is 3.04. The molecule has 0 radical (unpaired) electrons. The van der Waals surface area contributed by atoms with E-state index in [0.29, 0.717) is 24.3 Å². The van der Waals surface area contributed by atoms with Gasteiger partial charge in [-0.15, -0.1) is 5.10 Å². The summed E-state index contributed by atoms with van der Waals surface area (Å²) in [7, 11) is 0. The Bertz CT molecular complexity index is 1100. The van der Waals surface area contributed by atoms with Gasteiger partial charge in [0, 0.05) is 16.8 Å². The smallest absolute Gasteiger partial charge is 0.246 e. The van der Waals surface area contributed by atoms with Crippen LogP contribution in [0.2, 0.25) is 0 Å². The fraction of sp³-hybridized carbons (Fsp3) is 0.250. The first-order valence-electron chi connectivity index (χ1n) is 9.28. The highest BCUT2D eigenvalue weighted by molar-refractivity contribution is 5.62. The second-order valence-corrected chi connectivity index (χ2v) is 6.99. The zero-order valence-electron chi connectivity index (χ0n) is 15.4. The SMILES string of the molecule is Cc1ccc(-c2noc(CNc3cccc(-c4nnnn4C4CC4)c3)n2)cc1. The summed E-state index contributed by atoms with van der Waals surface area (Å²) in [5, 5.41) is 19.5. The van der Waals surface area contributed by atoms with E-state index in [9.17, 15) is 0 Å². The highest BCUT2D eigenvalue weighted by Crippen LogP contribution is 2.36.